The Balaban J connectivity index is 2.54. The van der Waals surface area contributed by atoms with Crippen molar-refractivity contribution in [3.63, 3.8) is 0 Å². The second-order valence-corrected chi connectivity index (χ2v) is 1.08. The molecule has 19 valence electrons. The van der Waals surface area contributed by atoms with Gasteiger partial charge in [-0.25, -0.2) is 0 Å². The first-order valence-electron chi connectivity index (χ1n) is 1.41. The summed E-state index contributed by atoms with van der Waals surface area (Å²) in [6, 6.07) is 0. The molecular formula is C3H4B. The summed E-state index contributed by atoms with van der Waals surface area (Å²) in [4.78, 5) is 0. The lowest BCUT2D eigenvalue weighted by Gasteiger charge is -1.46. The third kappa shape index (κ3) is 0.149. The van der Waals surface area contributed by atoms with Crippen LogP contribution in [0.25, 0.3) is 0 Å². The van der Waals surface area contributed by atoms with Gasteiger partial charge in [-0.1, -0.05) is 6.92 Å². The van der Waals surface area contributed by atoms with Crippen molar-refractivity contribution < 1.29 is 0 Å². The molecule has 1 radical (unpaired) electrons. The van der Waals surface area contributed by atoms with Gasteiger partial charge >= 0.3 is 0 Å². The van der Waals surface area contributed by atoms with E-state index < -0.39 is 0 Å². The highest BCUT2D eigenvalue weighted by atomic mass is 13.7. The molecular weight excluding hydrogens is 46.8 g/mol. The van der Waals surface area contributed by atoms with Crippen LogP contribution in [0.4, 0.5) is 0 Å². The normalized spacial score (nSPS) is 17.8. The molecule has 0 saturated heterocycles. The smallest absolute Gasteiger partial charge is 0.127 e. The molecule has 0 bridgehead atoms. The summed E-state index contributed by atoms with van der Waals surface area (Å²) in [6.45, 7) is 2.08. The van der Waals surface area contributed by atoms with Gasteiger partial charge in [0, 0.05) is 0 Å². The molecule has 0 N–H and O–H groups in total. The van der Waals surface area contributed by atoms with Gasteiger partial charge < -0.3 is 0 Å². The molecule has 0 fully saturated rings. The van der Waals surface area contributed by atoms with Crippen LogP contribution in [0.5, 0.6) is 0 Å². The first-order chi connectivity index (χ1) is 1.89. The van der Waals surface area contributed by atoms with Crippen molar-refractivity contribution in [2.75, 3.05) is 0 Å². The number of hydrogen-bond acceptors (Lipinski definition) is 0. The van der Waals surface area contributed by atoms with Gasteiger partial charge in [0.15, 0.2) is 7.28 Å². The molecule has 0 unspecified atom stereocenters. The van der Waals surface area contributed by atoms with E-state index in [2.05, 4.69) is 20.2 Å². The molecule has 0 saturated carbocycles. The first-order valence-corrected chi connectivity index (χ1v) is 1.41. The van der Waals surface area contributed by atoms with Crippen LogP contribution in [0.2, 0.25) is 0 Å². The summed E-state index contributed by atoms with van der Waals surface area (Å²) < 4.78 is 0. The fourth-order valence-corrected chi connectivity index (χ4v) is 0.0833. The van der Waals surface area contributed by atoms with Crippen molar-refractivity contribution in [1.29, 1.82) is 0 Å². The molecule has 0 aromatic heterocycles. The van der Waals surface area contributed by atoms with Crippen LogP contribution in [-0.2, 0) is 0 Å². The fourth-order valence-electron chi connectivity index (χ4n) is 0.0833. The van der Waals surface area contributed by atoms with Crippen LogP contribution in [-0.4, -0.2) is 7.28 Å². The van der Waals surface area contributed by atoms with Gasteiger partial charge in [0.1, 0.15) is 0 Å². The Hall–Kier alpha value is -0.195. The number of hydrogen-bond donors (Lipinski definition) is 0. The molecule has 0 aliphatic carbocycles. The largest absolute Gasteiger partial charge is 0.172 e. The van der Waals surface area contributed by atoms with E-state index in [1.165, 1.54) is 5.47 Å². The van der Waals surface area contributed by atoms with Gasteiger partial charge in [-0.2, -0.15) is 0 Å². The summed E-state index contributed by atoms with van der Waals surface area (Å²) >= 11 is 0. The van der Waals surface area contributed by atoms with Crippen LogP contribution in [0.15, 0.2) is 11.4 Å². The number of allylic oxidation sites excluding steroid dienone is 1. The summed E-state index contributed by atoms with van der Waals surface area (Å²) in [7, 11) is 2.08. The molecule has 1 aliphatic heterocycles. The molecule has 1 aliphatic rings. The molecule has 0 spiro atoms. The molecule has 1 heterocycles. The average Bonchev–Trinajstić information content (AvgIpc) is 1.75. The van der Waals surface area contributed by atoms with Crippen molar-refractivity contribution in [2.45, 2.75) is 6.92 Å². The fraction of sp³-hybridized carbons (Fsp3) is 0.333. The van der Waals surface area contributed by atoms with Gasteiger partial charge in [0.2, 0.25) is 0 Å². The van der Waals surface area contributed by atoms with Crippen LogP contribution in [0.3, 0.4) is 0 Å². The van der Waals surface area contributed by atoms with Crippen molar-refractivity contribution in [3.05, 3.63) is 11.4 Å². The second kappa shape index (κ2) is 0.396. The summed E-state index contributed by atoms with van der Waals surface area (Å²) in [6.07, 6.45) is 0. The predicted octanol–water partition coefficient (Wildman–Crippen LogP) is 0.566. The standard InChI is InChI=1S/C3H4B/c1-3-2-4-3/h2H,1H3. The van der Waals surface area contributed by atoms with E-state index in [1.807, 2.05) is 0 Å². The Morgan fingerprint density at radius 1 is 2.00 bits per heavy atom. The van der Waals surface area contributed by atoms with E-state index in [-0.39, 0.29) is 0 Å². The molecule has 1 rings (SSSR count). The summed E-state index contributed by atoms with van der Waals surface area (Å²) in [5.74, 6) is 2.08. The summed E-state index contributed by atoms with van der Waals surface area (Å²) in [5.41, 5.74) is 1.42. The van der Waals surface area contributed by atoms with E-state index in [1.54, 1.807) is 0 Å². The van der Waals surface area contributed by atoms with Crippen LogP contribution < -0.4 is 0 Å². The Morgan fingerprint density at radius 3 is 2.25 bits per heavy atom. The lowest BCUT2D eigenvalue weighted by molar-refractivity contribution is 1.77. The SMILES string of the molecule is CC1=C[B]1. The van der Waals surface area contributed by atoms with Crippen molar-refractivity contribution in [1.82, 2.24) is 0 Å². The lowest BCUT2D eigenvalue weighted by atomic mass is 9.99. The zero-order valence-electron chi connectivity index (χ0n) is 2.65. The quantitative estimate of drug-likeness (QED) is 0.352. The zero-order chi connectivity index (χ0) is 2.99. The average molecular weight is 50.9 g/mol. The Labute approximate surface area is 26.8 Å². The minimum absolute atomic E-state index is 1.42. The zero-order valence-corrected chi connectivity index (χ0v) is 2.65. The molecule has 1 heteroatoms. The van der Waals surface area contributed by atoms with E-state index in [9.17, 15) is 0 Å². The molecule has 4 heavy (non-hydrogen) atoms. The van der Waals surface area contributed by atoms with Gasteiger partial charge in [0.25, 0.3) is 0 Å². The molecule has 0 aromatic rings. The van der Waals surface area contributed by atoms with E-state index >= 15 is 0 Å². The van der Waals surface area contributed by atoms with E-state index in [0.717, 1.165) is 0 Å². The molecule has 0 aromatic carbocycles. The minimum Gasteiger partial charge on any atom is -0.127 e. The third-order valence-electron chi connectivity index (χ3n) is 0.500. The van der Waals surface area contributed by atoms with Gasteiger partial charge in [-0.15, -0.1) is 11.4 Å². The van der Waals surface area contributed by atoms with Crippen molar-refractivity contribution in [2.24, 2.45) is 0 Å². The van der Waals surface area contributed by atoms with E-state index in [0.29, 0.717) is 0 Å². The highest BCUT2D eigenvalue weighted by Crippen LogP contribution is 2.00. The Bertz CT molecular complexity index is 54.3. The maximum absolute atomic E-state index is 2.08. The molecule has 0 nitrogen and oxygen atoms in total. The predicted molar refractivity (Wildman–Crippen MR) is 19.5 cm³/mol. The van der Waals surface area contributed by atoms with E-state index in [4.69, 9.17) is 0 Å². The van der Waals surface area contributed by atoms with Gasteiger partial charge in [-0.3, -0.25) is 0 Å². The molecule has 0 amide bonds. The highest BCUT2D eigenvalue weighted by Gasteiger charge is 1.97. The first kappa shape index (κ1) is 2.07. The highest BCUT2D eigenvalue weighted by molar-refractivity contribution is 6.63. The maximum Gasteiger partial charge on any atom is 0.172 e. The lowest BCUT2D eigenvalue weighted by Crippen LogP contribution is -1.46. The third-order valence-corrected chi connectivity index (χ3v) is 0.500. The maximum atomic E-state index is 2.08. The monoisotopic (exact) mass is 51.0 g/mol. The van der Waals surface area contributed by atoms with Gasteiger partial charge in [-0.05, 0) is 0 Å². The Morgan fingerprint density at radius 2 is 2.25 bits per heavy atom. The van der Waals surface area contributed by atoms with Crippen LogP contribution >= 0.6 is 0 Å². The summed E-state index contributed by atoms with van der Waals surface area (Å²) in [5, 5.41) is 0. The van der Waals surface area contributed by atoms with Crippen LogP contribution in [0.1, 0.15) is 6.92 Å². The van der Waals surface area contributed by atoms with Crippen molar-refractivity contribution >= 4 is 7.28 Å². The molecule has 0 atom stereocenters. The van der Waals surface area contributed by atoms with Crippen molar-refractivity contribution in [3.8, 4) is 0 Å². The number of rotatable bonds is 0. The van der Waals surface area contributed by atoms with Gasteiger partial charge in [0.05, 0.1) is 0 Å². The topological polar surface area (TPSA) is 0 Å². The minimum atomic E-state index is 1.42. The Kier molecular flexibility index (Phi) is 0.205. The van der Waals surface area contributed by atoms with Crippen LogP contribution in [0, 0.1) is 0 Å². The second-order valence-electron chi connectivity index (χ2n) is 1.08.